The van der Waals surface area contributed by atoms with Crippen LogP contribution in [0.5, 0.6) is 0 Å². The van der Waals surface area contributed by atoms with Crippen LogP contribution in [0.4, 0.5) is 4.79 Å². The number of esters is 1. The normalized spacial score (nSPS) is 13.8. The summed E-state index contributed by atoms with van der Waals surface area (Å²) in [6.07, 6.45) is 2.38. The number of imidazole rings is 1. The summed E-state index contributed by atoms with van der Waals surface area (Å²) in [5, 5.41) is 23.7. The van der Waals surface area contributed by atoms with Crippen LogP contribution in [0, 0.1) is 5.92 Å². The number of nitrogens with one attached hydrogen (secondary N) is 3. The van der Waals surface area contributed by atoms with Gasteiger partial charge in [0.05, 0.1) is 37.4 Å². The van der Waals surface area contributed by atoms with Gasteiger partial charge in [0.15, 0.2) is 5.78 Å². The molecule has 0 radical (unpaired) electrons. The van der Waals surface area contributed by atoms with Crippen molar-refractivity contribution in [1.82, 2.24) is 20.6 Å². The third-order valence-corrected chi connectivity index (χ3v) is 7.98. The lowest BCUT2D eigenvalue weighted by molar-refractivity contribution is -0.139. The highest BCUT2D eigenvalue weighted by Gasteiger charge is 2.32. The predicted molar refractivity (Wildman–Crippen MR) is 174 cm³/mol. The molecule has 3 aromatic rings. The van der Waals surface area contributed by atoms with Gasteiger partial charge in [-0.05, 0) is 35.6 Å². The third kappa shape index (κ3) is 10.3. The van der Waals surface area contributed by atoms with Crippen LogP contribution < -0.4 is 10.6 Å². The van der Waals surface area contributed by atoms with Gasteiger partial charge in [-0.3, -0.25) is 19.2 Å². The van der Waals surface area contributed by atoms with Crippen molar-refractivity contribution in [3.8, 4) is 11.1 Å². The molecule has 258 valence electrons. The predicted octanol–water partition coefficient (Wildman–Crippen LogP) is 3.38. The summed E-state index contributed by atoms with van der Waals surface area (Å²) < 4.78 is 10.4. The second-order valence-electron chi connectivity index (χ2n) is 11.4. The number of H-pyrrole nitrogens is 1. The Morgan fingerprint density at radius 3 is 2.18 bits per heavy atom. The first-order chi connectivity index (χ1) is 23.5. The van der Waals surface area contributed by atoms with Crippen LogP contribution in [0.2, 0.25) is 0 Å². The third-order valence-electron chi connectivity index (χ3n) is 7.98. The molecule has 49 heavy (non-hydrogen) atoms. The van der Waals surface area contributed by atoms with E-state index in [1.807, 2.05) is 48.5 Å². The van der Waals surface area contributed by atoms with Gasteiger partial charge in [-0.1, -0.05) is 54.6 Å². The number of alkyl carbamates (subject to hydrolysis) is 1. The molecule has 0 saturated heterocycles. The lowest BCUT2D eigenvalue weighted by Gasteiger charge is -2.23. The van der Waals surface area contributed by atoms with Crippen molar-refractivity contribution < 1.29 is 48.5 Å². The highest BCUT2D eigenvalue weighted by molar-refractivity contribution is 5.92. The van der Waals surface area contributed by atoms with Crippen molar-refractivity contribution >= 4 is 35.7 Å². The van der Waals surface area contributed by atoms with E-state index >= 15 is 0 Å². The van der Waals surface area contributed by atoms with Crippen molar-refractivity contribution in [1.29, 1.82) is 0 Å². The number of carboxylic acids is 2. The highest BCUT2D eigenvalue weighted by atomic mass is 16.5. The van der Waals surface area contributed by atoms with E-state index in [4.69, 9.17) is 9.47 Å². The number of rotatable bonds is 18. The molecule has 1 aromatic heterocycles. The number of aromatic amines is 1. The van der Waals surface area contributed by atoms with Crippen LogP contribution in [-0.2, 0) is 39.9 Å². The summed E-state index contributed by atoms with van der Waals surface area (Å²) >= 11 is 0. The zero-order valence-corrected chi connectivity index (χ0v) is 26.8. The fraction of sp³-hybridized carbons (Fsp3) is 0.343. The average Bonchev–Trinajstić information content (AvgIpc) is 3.70. The summed E-state index contributed by atoms with van der Waals surface area (Å²) in [6, 6.07) is 13.1. The number of carboxylic acid groups (broad SMARTS) is 2. The molecule has 0 fully saturated rings. The first-order valence-corrected chi connectivity index (χ1v) is 15.8. The Bertz CT molecular complexity index is 1640. The number of nitrogens with zero attached hydrogens (tertiary/aromatic N) is 1. The number of fused-ring (bicyclic) bond motifs is 3. The molecule has 0 spiro atoms. The minimum Gasteiger partial charge on any atom is -0.481 e. The average molecular weight is 675 g/mol. The lowest BCUT2D eigenvalue weighted by Crippen LogP contribution is -2.45. The summed E-state index contributed by atoms with van der Waals surface area (Å²) in [7, 11) is 0. The fourth-order valence-electron chi connectivity index (χ4n) is 5.71. The molecule has 1 aliphatic carbocycles. The van der Waals surface area contributed by atoms with E-state index in [0.29, 0.717) is 5.69 Å². The first-order valence-electron chi connectivity index (χ1n) is 15.8. The molecule has 3 atom stereocenters. The van der Waals surface area contributed by atoms with E-state index < -0.39 is 73.0 Å². The Morgan fingerprint density at radius 2 is 1.59 bits per heavy atom. The van der Waals surface area contributed by atoms with Crippen molar-refractivity contribution in [3.05, 3.63) is 90.0 Å². The Balaban J connectivity index is 1.47. The van der Waals surface area contributed by atoms with Crippen molar-refractivity contribution in [3.63, 3.8) is 0 Å². The SMILES string of the molecule is CCOC(=O)/C=C/[C@H](CC(=O)O)NC(=O)[C@@H](CC(=O)[C@H](CCC(=O)O)NC(=O)OCC1c2ccccc2-c2ccccc21)Cc1cnc[nH]1. The van der Waals surface area contributed by atoms with Crippen molar-refractivity contribution in [2.24, 2.45) is 5.92 Å². The standard InChI is InChI=1S/C35H38N4O10/c1-2-48-33(45)14-11-22(17-32(43)44)38-34(46)21(15-23-18-36-20-37-23)16-30(40)29(12-13-31(41)42)39-35(47)49-19-28-26-9-5-3-7-24(26)25-8-4-6-10-27(25)28/h3-11,14,18,20-22,28-29H,2,12-13,15-17,19H2,1H3,(H,36,37)(H,38,46)(H,39,47)(H,41,42)(H,43,44)/b14-11+/t21-,22-,29+/m1/s1. The molecule has 0 aliphatic heterocycles. The largest absolute Gasteiger partial charge is 0.481 e. The van der Waals surface area contributed by atoms with E-state index in [9.17, 15) is 39.0 Å². The number of aromatic nitrogens is 2. The number of ether oxygens (including phenoxy) is 2. The molecule has 14 heteroatoms. The summed E-state index contributed by atoms with van der Waals surface area (Å²) in [5.74, 6) is -5.84. The van der Waals surface area contributed by atoms with Gasteiger partial charge >= 0.3 is 24.0 Å². The Labute approximate surface area is 281 Å². The Hall–Kier alpha value is -5.79. The van der Waals surface area contributed by atoms with Crippen LogP contribution in [-0.4, -0.2) is 81.2 Å². The van der Waals surface area contributed by atoms with E-state index in [-0.39, 0.29) is 32.0 Å². The van der Waals surface area contributed by atoms with Gasteiger partial charge < -0.3 is 35.3 Å². The van der Waals surface area contributed by atoms with Crippen LogP contribution in [0.1, 0.15) is 55.3 Å². The van der Waals surface area contributed by atoms with Crippen LogP contribution in [0.3, 0.4) is 0 Å². The van der Waals surface area contributed by atoms with Gasteiger partial charge in [0, 0.05) is 43.1 Å². The molecule has 2 amide bonds. The molecule has 14 nitrogen and oxygen atoms in total. The van der Waals surface area contributed by atoms with E-state index in [2.05, 4.69) is 20.6 Å². The van der Waals surface area contributed by atoms with Gasteiger partial charge in [0.25, 0.3) is 0 Å². The second kappa shape index (κ2) is 17.4. The topological polar surface area (TPSA) is 214 Å². The molecule has 0 bridgehead atoms. The fourth-order valence-corrected chi connectivity index (χ4v) is 5.71. The number of amides is 2. The van der Waals surface area contributed by atoms with E-state index in [1.165, 1.54) is 18.6 Å². The minimum atomic E-state index is -1.30. The Kier molecular flexibility index (Phi) is 12.8. The zero-order chi connectivity index (χ0) is 35.3. The first kappa shape index (κ1) is 36.1. The highest BCUT2D eigenvalue weighted by Crippen LogP contribution is 2.44. The quantitative estimate of drug-likeness (QED) is 0.0974. The number of Topliss-reactive ketones (excluding diaryl/α,β-unsaturated/α-hetero) is 1. The number of carbonyl (C=O) groups is 6. The van der Waals surface area contributed by atoms with Crippen molar-refractivity contribution in [2.75, 3.05) is 13.2 Å². The lowest BCUT2D eigenvalue weighted by atomic mass is 9.91. The van der Waals surface area contributed by atoms with Gasteiger partial charge in [-0.25, -0.2) is 14.6 Å². The molecular weight excluding hydrogens is 636 g/mol. The maximum Gasteiger partial charge on any atom is 0.407 e. The molecular formula is C35H38N4O10. The maximum atomic E-state index is 13.6. The van der Waals surface area contributed by atoms with E-state index in [1.54, 1.807) is 6.92 Å². The number of hydrogen-bond acceptors (Lipinski definition) is 9. The molecule has 1 heterocycles. The molecule has 0 saturated carbocycles. The molecule has 1 aliphatic rings. The van der Waals surface area contributed by atoms with Crippen LogP contribution in [0.15, 0.2) is 73.2 Å². The smallest absolute Gasteiger partial charge is 0.407 e. The monoisotopic (exact) mass is 674 g/mol. The van der Waals surface area contributed by atoms with Gasteiger partial charge in [0.1, 0.15) is 6.61 Å². The number of carbonyl (C=O) groups excluding carboxylic acids is 4. The summed E-state index contributed by atoms with van der Waals surface area (Å²) in [6.45, 7) is 1.67. The second-order valence-corrected chi connectivity index (χ2v) is 11.4. The zero-order valence-electron chi connectivity index (χ0n) is 26.8. The maximum absolute atomic E-state index is 13.6. The molecule has 5 N–H and O–H groups in total. The van der Waals surface area contributed by atoms with Gasteiger partial charge in [0.2, 0.25) is 5.91 Å². The molecule has 0 unspecified atom stereocenters. The van der Waals surface area contributed by atoms with Crippen molar-refractivity contribution in [2.45, 2.75) is 57.0 Å². The van der Waals surface area contributed by atoms with Gasteiger partial charge in [-0.15, -0.1) is 0 Å². The number of aliphatic carboxylic acids is 2. The number of hydrogen-bond donors (Lipinski definition) is 5. The Morgan fingerprint density at radius 1 is 0.918 bits per heavy atom. The summed E-state index contributed by atoms with van der Waals surface area (Å²) in [5.41, 5.74) is 4.54. The number of ketones is 1. The minimum absolute atomic E-state index is 0.0183. The van der Waals surface area contributed by atoms with E-state index in [0.717, 1.165) is 28.3 Å². The molecule has 2 aromatic carbocycles. The van der Waals surface area contributed by atoms with Gasteiger partial charge in [-0.2, -0.15) is 0 Å². The van der Waals surface area contributed by atoms with Crippen LogP contribution >= 0.6 is 0 Å². The number of benzene rings is 2. The molecule has 4 rings (SSSR count). The summed E-state index contributed by atoms with van der Waals surface area (Å²) in [4.78, 5) is 81.7. The van der Waals surface area contributed by atoms with Crippen LogP contribution in [0.25, 0.3) is 11.1 Å².